The monoisotopic (exact) mass is 438 g/mol. The van der Waals surface area contributed by atoms with Gasteiger partial charge in [-0.05, 0) is 17.9 Å². The normalized spacial score (nSPS) is 27.2. The van der Waals surface area contributed by atoms with E-state index < -0.39 is 0 Å². The average molecular weight is 439 g/mol. The Hall–Kier alpha value is -3.04. The van der Waals surface area contributed by atoms with Crippen LogP contribution in [0.3, 0.4) is 0 Å². The Balaban J connectivity index is 1.40. The number of carbonyl (C=O) groups excluding carboxylic acids is 2. The summed E-state index contributed by atoms with van der Waals surface area (Å²) in [5, 5.41) is 0. The third kappa shape index (κ3) is 4.69. The van der Waals surface area contributed by atoms with Gasteiger partial charge in [-0.2, -0.15) is 0 Å². The van der Waals surface area contributed by atoms with Crippen LogP contribution in [0.25, 0.3) is 0 Å². The summed E-state index contributed by atoms with van der Waals surface area (Å²) < 4.78 is 0.899. The summed E-state index contributed by atoms with van der Waals surface area (Å²) in [6, 6.07) is 30.1. The minimum atomic E-state index is -0.105. The largest absolute Gasteiger partial charge is 0.322 e. The topological polar surface area (TPSA) is 34.1 Å². The Kier molecular flexibility index (Phi) is 6.24. The number of piperidine rings is 2. The zero-order valence-corrected chi connectivity index (χ0v) is 19.1. The maximum atomic E-state index is 13.5. The molecule has 0 amide bonds. The quantitative estimate of drug-likeness (QED) is 0.374. The Morgan fingerprint density at radius 1 is 0.606 bits per heavy atom. The van der Waals surface area contributed by atoms with Crippen LogP contribution in [0.15, 0.2) is 91.0 Å². The van der Waals surface area contributed by atoms with E-state index in [1.165, 1.54) is 5.56 Å². The molecule has 2 saturated heterocycles. The van der Waals surface area contributed by atoms with Gasteiger partial charge in [0.1, 0.15) is 0 Å². The minimum Gasteiger partial charge on any atom is -0.322 e. The molecule has 2 aliphatic heterocycles. The van der Waals surface area contributed by atoms with Gasteiger partial charge in [0.2, 0.25) is 0 Å². The van der Waals surface area contributed by atoms with Crippen molar-refractivity contribution in [3.8, 4) is 0 Å². The second kappa shape index (κ2) is 9.44. The zero-order valence-electron chi connectivity index (χ0n) is 19.1. The van der Waals surface area contributed by atoms with Crippen molar-refractivity contribution < 1.29 is 14.1 Å². The van der Waals surface area contributed by atoms with Gasteiger partial charge in [-0.1, -0.05) is 91.0 Å². The van der Waals surface area contributed by atoms with Gasteiger partial charge in [0.15, 0.2) is 11.6 Å². The lowest BCUT2D eigenvalue weighted by molar-refractivity contribution is -0.941. The van der Waals surface area contributed by atoms with Crippen LogP contribution in [0, 0.1) is 11.8 Å². The summed E-state index contributed by atoms with van der Waals surface area (Å²) in [5.74, 6) is 0.760. The van der Waals surface area contributed by atoms with E-state index in [0.717, 1.165) is 54.6 Å². The highest BCUT2D eigenvalue weighted by Crippen LogP contribution is 2.38. The van der Waals surface area contributed by atoms with Gasteiger partial charge in [0.25, 0.3) is 0 Å². The van der Waals surface area contributed by atoms with Crippen LogP contribution in [0.4, 0.5) is 0 Å². The van der Waals surface area contributed by atoms with Gasteiger partial charge in [-0.25, -0.2) is 0 Å². The van der Waals surface area contributed by atoms with Crippen LogP contribution in [0.1, 0.15) is 51.5 Å². The summed E-state index contributed by atoms with van der Waals surface area (Å²) in [6.45, 7) is 3.79. The molecule has 1 spiro atoms. The van der Waals surface area contributed by atoms with E-state index >= 15 is 0 Å². The van der Waals surface area contributed by atoms with Crippen LogP contribution in [-0.4, -0.2) is 42.2 Å². The van der Waals surface area contributed by atoms with Crippen molar-refractivity contribution >= 4 is 11.6 Å². The minimum absolute atomic E-state index is 0.105. The van der Waals surface area contributed by atoms with Gasteiger partial charge in [0, 0.05) is 24.0 Å². The van der Waals surface area contributed by atoms with Gasteiger partial charge in [-0.3, -0.25) is 9.59 Å². The van der Waals surface area contributed by atoms with Crippen molar-refractivity contribution in [3.63, 3.8) is 0 Å². The predicted molar refractivity (Wildman–Crippen MR) is 131 cm³/mol. The molecular weight excluding hydrogens is 406 g/mol. The molecule has 5 rings (SSSR count). The highest BCUT2D eigenvalue weighted by atomic mass is 16.1. The molecule has 3 aromatic rings. The summed E-state index contributed by atoms with van der Waals surface area (Å²) in [6.07, 6.45) is 2.88. The number of ketones is 2. The smallest absolute Gasteiger partial charge is 0.171 e. The molecule has 0 N–H and O–H groups in total. The first-order chi connectivity index (χ1) is 16.1. The molecule has 0 aliphatic carbocycles. The Bertz CT molecular complexity index is 1020. The second-order valence-electron chi connectivity index (χ2n) is 9.93. The Labute approximate surface area is 196 Å². The number of hydrogen-bond acceptors (Lipinski definition) is 2. The molecule has 2 unspecified atom stereocenters. The fraction of sp³-hybridized carbons (Fsp3) is 0.333. The van der Waals surface area contributed by atoms with Crippen LogP contribution < -0.4 is 0 Å². The molecule has 0 bridgehead atoms. The van der Waals surface area contributed by atoms with Crippen molar-refractivity contribution in [2.45, 2.75) is 25.2 Å². The van der Waals surface area contributed by atoms with Crippen LogP contribution in [0.2, 0.25) is 0 Å². The second-order valence-corrected chi connectivity index (χ2v) is 9.93. The van der Waals surface area contributed by atoms with Crippen molar-refractivity contribution in [2.24, 2.45) is 11.8 Å². The number of carbonyl (C=O) groups is 2. The fourth-order valence-corrected chi connectivity index (χ4v) is 6.10. The van der Waals surface area contributed by atoms with E-state index in [0.29, 0.717) is 12.3 Å². The molecule has 168 valence electrons. The fourth-order valence-electron chi connectivity index (χ4n) is 6.10. The van der Waals surface area contributed by atoms with E-state index in [2.05, 4.69) is 30.3 Å². The lowest BCUT2D eigenvalue weighted by Crippen LogP contribution is -2.61. The van der Waals surface area contributed by atoms with Crippen molar-refractivity contribution in [3.05, 3.63) is 108 Å². The molecule has 0 radical (unpaired) electrons. The maximum absolute atomic E-state index is 13.5. The van der Waals surface area contributed by atoms with Crippen molar-refractivity contribution in [2.75, 3.05) is 26.2 Å². The van der Waals surface area contributed by atoms with Crippen LogP contribution in [-0.2, 0) is 0 Å². The highest BCUT2D eigenvalue weighted by molar-refractivity contribution is 6.00. The molecule has 0 aromatic heterocycles. The zero-order chi connectivity index (χ0) is 22.7. The number of quaternary nitrogens is 1. The third-order valence-corrected chi connectivity index (χ3v) is 7.82. The van der Waals surface area contributed by atoms with Gasteiger partial charge < -0.3 is 4.48 Å². The number of hydrogen-bond donors (Lipinski definition) is 0. The summed E-state index contributed by atoms with van der Waals surface area (Å²) in [5.41, 5.74) is 2.96. The molecule has 2 fully saturated rings. The van der Waals surface area contributed by atoms with E-state index in [1.54, 1.807) is 0 Å². The Morgan fingerprint density at radius 3 is 1.48 bits per heavy atom. The van der Waals surface area contributed by atoms with Gasteiger partial charge in [0.05, 0.1) is 38.0 Å². The summed E-state index contributed by atoms with van der Waals surface area (Å²) in [7, 11) is 0. The first-order valence-electron chi connectivity index (χ1n) is 12.2. The molecule has 3 aromatic carbocycles. The SMILES string of the molecule is O=C(c1ccccc1)C1CC(C(=O)c2ccccc2)C[N+]2(CCC(c3ccccc3)CC2)C1. The number of rotatable bonds is 5. The number of nitrogens with zero attached hydrogens (tertiary/aromatic N) is 1. The molecule has 2 aliphatic rings. The van der Waals surface area contributed by atoms with Crippen LogP contribution >= 0.6 is 0 Å². The summed E-state index contributed by atoms with van der Waals surface area (Å²) in [4.78, 5) is 27.0. The maximum Gasteiger partial charge on any atom is 0.171 e. The molecule has 2 heterocycles. The third-order valence-electron chi connectivity index (χ3n) is 7.82. The molecule has 33 heavy (non-hydrogen) atoms. The van der Waals surface area contributed by atoms with E-state index in [-0.39, 0.29) is 23.4 Å². The standard InChI is InChI=1S/C30H32NO2/c32-29(25-12-6-2-7-13-25)27-20-28(30(33)26-14-8-3-9-15-26)22-31(21-27)18-16-24(17-19-31)23-10-4-1-5-11-23/h1-15,24,27-28H,16-22H2/q+1. The number of benzene rings is 3. The van der Waals surface area contributed by atoms with Crippen LogP contribution in [0.5, 0.6) is 0 Å². The van der Waals surface area contributed by atoms with E-state index in [9.17, 15) is 9.59 Å². The predicted octanol–water partition coefficient (Wildman–Crippen LogP) is 5.78. The van der Waals surface area contributed by atoms with Gasteiger partial charge >= 0.3 is 0 Å². The van der Waals surface area contributed by atoms with E-state index in [1.807, 2.05) is 60.7 Å². The molecule has 2 atom stereocenters. The first kappa shape index (κ1) is 21.8. The Morgan fingerprint density at radius 2 is 1.03 bits per heavy atom. The lowest BCUT2D eigenvalue weighted by Gasteiger charge is -2.50. The van der Waals surface area contributed by atoms with Crippen molar-refractivity contribution in [1.82, 2.24) is 0 Å². The van der Waals surface area contributed by atoms with Crippen molar-refractivity contribution in [1.29, 1.82) is 0 Å². The van der Waals surface area contributed by atoms with Gasteiger partial charge in [-0.15, -0.1) is 0 Å². The lowest BCUT2D eigenvalue weighted by atomic mass is 9.77. The highest BCUT2D eigenvalue weighted by Gasteiger charge is 2.46. The molecular formula is C30H32NO2+. The molecule has 3 nitrogen and oxygen atoms in total. The average Bonchev–Trinajstić information content (AvgIpc) is 2.89. The van der Waals surface area contributed by atoms with E-state index in [4.69, 9.17) is 0 Å². The molecule has 3 heteroatoms. The summed E-state index contributed by atoms with van der Waals surface area (Å²) >= 11 is 0. The first-order valence-corrected chi connectivity index (χ1v) is 12.2. The molecule has 0 saturated carbocycles. The number of Topliss-reactive ketones (excluding diaryl/α,β-unsaturated/α-hetero) is 2.